The van der Waals surface area contributed by atoms with Gasteiger partial charge in [-0.2, -0.15) is 4.31 Å². The summed E-state index contributed by atoms with van der Waals surface area (Å²) < 4.78 is 28.6. The number of hydrogen-bond donors (Lipinski definition) is 1. The highest BCUT2D eigenvalue weighted by atomic mass is 35.5. The van der Waals surface area contributed by atoms with Crippen LogP contribution in [0.2, 0.25) is 5.02 Å². The normalized spacial score (nSPS) is 21.1. The van der Waals surface area contributed by atoms with Crippen molar-refractivity contribution in [3.05, 3.63) is 65.4 Å². The third-order valence-electron chi connectivity index (χ3n) is 8.07. The number of piperidine rings is 1. The quantitative estimate of drug-likeness (QED) is 0.436. The fourth-order valence-electron chi connectivity index (χ4n) is 6.10. The van der Waals surface area contributed by atoms with Gasteiger partial charge in [0.05, 0.1) is 23.4 Å². The van der Waals surface area contributed by atoms with Crippen molar-refractivity contribution in [1.29, 1.82) is 0 Å². The van der Waals surface area contributed by atoms with E-state index in [1.165, 1.54) is 11.1 Å². The van der Waals surface area contributed by atoms with E-state index in [2.05, 4.69) is 9.88 Å². The zero-order chi connectivity index (χ0) is 29.5. The van der Waals surface area contributed by atoms with Crippen molar-refractivity contribution < 1.29 is 23.1 Å². The zero-order valence-electron chi connectivity index (χ0n) is 23.3. The van der Waals surface area contributed by atoms with E-state index in [0.29, 0.717) is 10.4 Å². The number of rotatable bonds is 7. The number of benzene rings is 2. The van der Waals surface area contributed by atoms with Crippen molar-refractivity contribution in [2.45, 2.75) is 49.6 Å². The molecule has 2 fully saturated rings. The van der Waals surface area contributed by atoms with Gasteiger partial charge in [0.25, 0.3) is 5.91 Å². The van der Waals surface area contributed by atoms with E-state index in [-0.39, 0.29) is 24.0 Å². The molecule has 41 heavy (non-hydrogen) atoms. The number of aryl methyl sites for hydroxylation is 1. The molecule has 1 N–H and O–H groups in total. The average Bonchev–Trinajstić information content (AvgIpc) is 2.91. The molecule has 2 saturated heterocycles. The van der Waals surface area contributed by atoms with Crippen LogP contribution in [0.4, 0.5) is 5.69 Å². The van der Waals surface area contributed by atoms with Gasteiger partial charge in [-0.1, -0.05) is 23.7 Å². The number of amides is 1. The lowest BCUT2D eigenvalue weighted by atomic mass is 9.93. The number of sulfonamides is 1. The predicted octanol–water partition coefficient (Wildman–Crippen LogP) is 3.78. The summed E-state index contributed by atoms with van der Waals surface area (Å²) in [5.41, 5.74) is 0.755. The third-order valence-corrected chi connectivity index (χ3v) is 10.1. The molecule has 1 aromatic heterocycles. The number of aliphatic carboxylic acids is 1. The Balaban J connectivity index is 1.37. The molecular weight excluding hydrogens is 566 g/mol. The minimum Gasteiger partial charge on any atom is -0.481 e. The van der Waals surface area contributed by atoms with Crippen LogP contribution in [0.25, 0.3) is 10.8 Å². The van der Waals surface area contributed by atoms with E-state index in [9.17, 15) is 23.1 Å². The number of nitrogens with zero attached hydrogens (tertiary/aromatic N) is 5. The second-order valence-electron chi connectivity index (χ2n) is 11.1. The highest BCUT2D eigenvalue weighted by Crippen LogP contribution is 2.34. The maximum Gasteiger partial charge on any atom is 0.305 e. The second-order valence-corrected chi connectivity index (χ2v) is 13.5. The summed E-state index contributed by atoms with van der Waals surface area (Å²) in [5.74, 6) is -1.56. The number of carbonyl (C=O) groups excluding carboxylic acids is 1. The summed E-state index contributed by atoms with van der Waals surface area (Å²) in [4.78, 5) is 32.3. The van der Waals surface area contributed by atoms with Crippen molar-refractivity contribution in [3.63, 3.8) is 0 Å². The van der Waals surface area contributed by atoms with Gasteiger partial charge in [0.1, 0.15) is 0 Å². The minimum absolute atomic E-state index is 0.0123. The number of piperazine rings is 1. The van der Waals surface area contributed by atoms with Crippen molar-refractivity contribution in [3.8, 4) is 0 Å². The fraction of sp³-hybridized carbons (Fsp3) is 0.414. The number of aromatic nitrogens is 1. The summed E-state index contributed by atoms with van der Waals surface area (Å²) in [7, 11) is -2.29. The van der Waals surface area contributed by atoms with Crippen LogP contribution in [-0.4, -0.2) is 89.5 Å². The van der Waals surface area contributed by atoms with Crippen molar-refractivity contribution >= 4 is 50.0 Å². The number of carboxylic acids is 1. The van der Waals surface area contributed by atoms with E-state index in [1.54, 1.807) is 50.5 Å². The number of fused-ring (bicyclic) bond motifs is 1. The molecule has 0 bridgehead atoms. The third kappa shape index (κ3) is 5.90. The van der Waals surface area contributed by atoms with Crippen molar-refractivity contribution in [2.24, 2.45) is 0 Å². The predicted molar refractivity (Wildman–Crippen MR) is 157 cm³/mol. The maximum absolute atomic E-state index is 13.7. The van der Waals surface area contributed by atoms with Crippen molar-refractivity contribution in [1.82, 2.24) is 19.3 Å². The Morgan fingerprint density at radius 1 is 1.12 bits per heavy atom. The number of pyridine rings is 1. The highest BCUT2D eigenvalue weighted by Gasteiger charge is 2.50. The lowest BCUT2D eigenvalue weighted by Gasteiger charge is -2.53. The molecule has 2 aromatic carbocycles. The van der Waals surface area contributed by atoms with Crippen LogP contribution in [0.15, 0.2) is 59.6 Å². The van der Waals surface area contributed by atoms with E-state index in [4.69, 9.17) is 11.6 Å². The van der Waals surface area contributed by atoms with Crippen LogP contribution < -0.4 is 4.90 Å². The molecule has 12 heteroatoms. The van der Waals surface area contributed by atoms with Gasteiger partial charge in [-0.3, -0.25) is 19.6 Å². The monoisotopic (exact) mass is 599 g/mol. The van der Waals surface area contributed by atoms with Crippen LogP contribution >= 0.6 is 11.6 Å². The topological polar surface area (TPSA) is 114 Å². The lowest BCUT2D eigenvalue weighted by molar-refractivity contribution is -0.182. The molecule has 1 atom stereocenters. The highest BCUT2D eigenvalue weighted by molar-refractivity contribution is 7.89. The van der Waals surface area contributed by atoms with Gasteiger partial charge >= 0.3 is 5.97 Å². The number of carboxylic acid groups (broad SMARTS) is 1. The standard InChI is InChI=1S/C29H34ClN5O5S/c1-20-14-25(8-11-31-20)33-12-9-24(10-13-33)32(3)35-27(36)18-34(19-29(35,2)17-28(37)38)41(39,40)26-7-5-21-15-23(30)6-4-22(21)16-26/h4-8,11,14-16,24H,9-10,12-13,17-19H2,1-3H3,(H,37,38). The molecule has 218 valence electrons. The van der Waals surface area contributed by atoms with Gasteiger partial charge in [-0.25, -0.2) is 13.4 Å². The molecule has 2 aliphatic rings. The summed E-state index contributed by atoms with van der Waals surface area (Å²) in [6, 6.07) is 13.9. The first-order chi connectivity index (χ1) is 19.4. The summed E-state index contributed by atoms with van der Waals surface area (Å²) in [6.45, 7) is 4.61. The Morgan fingerprint density at radius 3 is 2.49 bits per heavy atom. The number of anilines is 1. The molecule has 2 aliphatic heterocycles. The van der Waals surface area contributed by atoms with Crippen LogP contribution in [0.3, 0.4) is 0 Å². The molecule has 0 aliphatic carbocycles. The molecular formula is C29H34ClN5O5S. The van der Waals surface area contributed by atoms with Crippen LogP contribution in [0.5, 0.6) is 0 Å². The summed E-state index contributed by atoms with van der Waals surface area (Å²) in [6.07, 6.45) is 2.91. The minimum atomic E-state index is -4.09. The number of halogens is 1. The first-order valence-corrected chi connectivity index (χ1v) is 15.3. The Morgan fingerprint density at radius 2 is 1.80 bits per heavy atom. The average molecular weight is 600 g/mol. The van der Waals surface area contributed by atoms with Gasteiger partial charge in [-0.15, -0.1) is 0 Å². The Kier molecular flexibility index (Phi) is 7.99. The molecule has 5 rings (SSSR count). The van der Waals surface area contributed by atoms with E-state index in [1.807, 2.05) is 24.1 Å². The SMILES string of the molecule is Cc1cc(N2CCC(N(C)N3C(=O)CN(S(=O)(=O)c4ccc5cc(Cl)ccc5c4)CC3(C)CC(=O)O)CC2)ccn1. The maximum atomic E-state index is 13.7. The molecule has 3 aromatic rings. The number of hydrazine groups is 1. The Bertz CT molecular complexity index is 1590. The van der Waals surface area contributed by atoms with E-state index < -0.39 is 33.9 Å². The van der Waals surface area contributed by atoms with Gasteiger partial charge < -0.3 is 10.0 Å². The van der Waals surface area contributed by atoms with Crippen molar-refractivity contribution in [2.75, 3.05) is 38.1 Å². The fourth-order valence-corrected chi connectivity index (χ4v) is 7.82. The Labute approximate surface area is 245 Å². The molecule has 1 amide bonds. The molecule has 1 unspecified atom stereocenters. The number of hydrogen-bond acceptors (Lipinski definition) is 7. The van der Waals surface area contributed by atoms with Crippen LogP contribution in [0.1, 0.15) is 31.9 Å². The molecule has 0 spiro atoms. The van der Waals surface area contributed by atoms with E-state index >= 15 is 0 Å². The van der Waals surface area contributed by atoms with Gasteiger partial charge in [0.15, 0.2) is 0 Å². The first kappa shape index (κ1) is 29.2. The molecule has 0 saturated carbocycles. The van der Waals surface area contributed by atoms with Gasteiger partial charge in [0, 0.05) is 55.3 Å². The number of carbonyl (C=O) groups is 2. The second kappa shape index (κ2) is 11.2. The summed E-state index contributed by atoms with van der Waals surface area (Å²) in [5, 5.41) is 15.2. The van der Waals surface area contributed by atoms with Gasteiger partial charge in [-0.05, 0) is 73.9 Å². The van der Waals surface area contributed by atoms with Gasteiger partial charge in [0.2, 0.25) is 10.0 Å². The molecule has 0 radical (unpaired) electrons. The Hall–Kier alpha value is -3.25. The first-order valence-electron chi connectivity index (χ1n) is 13.5. The lowest BCUT2D eigenvalue weighted by Crippen LogP contribution is -2.70. The van der Waals surface area contributed by atoms with Crippen LogP contribution in [-0.2, 0) is 19.6 Å². The largest absolute Gasteiger partial charge is 0.481 e. The smallest absolute Gasteiger partial charge is 0.305 e. The zero-order valence-corrected chi connectivity index (χ0v) is 24.9. The van der Waals surface area contributed by atoms with Crippen LogP contribution in [0, 0.1) is 6.92 Å². The van der Waals surface area contributed by atoms with E-state index in [0.717, 1.165) is 47.0 Å². The molecule has 10 nitrogen and oxygen atoms in total. The summed E-state index contributed by atoms with van der Waals surface area (Å²) >= 11 is 6.07. The molecule has 3 heterocycles.